The van der Waals surface area contributed by atoms with Gasteiger partial charge < -0.3 is 9.61 Å². The van der Waals surface area contributed by atoms with Crippen LogP contribution in [0.15, 0.2) is 18.2 Å². The molecule has 0 aliphatic carbocycles. The standard InChI is InChI=1S/C7H7N3OS/c8-4-5-3-6(10-9)1-2-7(5)11-12/h1-3,10,12H,9H2. The second-order valence-electron chi connectivity index (χ2n) is 2.06. The maximum atomic E-state index is 8.64. The Kier molecular flexibility index (Phi) is 2.80. The van der Waals surface area contributed by atoms with Crippen molar-refractivity contribution >= 4 is 18.6 Å². The Morgan fingerprint density at radius 2 is 2.33 bits per heavy atom. The smallest absolute Gasteiger partial charge is 0.154 e. The van der Waals surface area contributed by atoms with E-state index in [1.54, 1.807) is 18.2 Å². The summed E-state index contributed by atoms with van der Waals surface area (Å²) in [5.74, 6) is 5.56. The molecule has 5 heteroatoms. The predicted molar refractivity (Wildman–Crippen MR) is 48.6 cm³/mol. The fourth-order valence-electron chi connectivity index (χ4n) is 0.787. The van der Waals surface area contributed by atoms with Gasteiger partial charge >= 0.3 is 0 Å². The quantitative estimate of drug-likeness (QED) is 0.276. The molecule has 4 nitrogen and oxygen atoms in total. The molecule has 1 rings (SSSR count). The zero-order valence-electron chi connectivity index (χ0n) is 6.11. The van der Waals surface area contributed by atoms with Crippen LogP contribution >= 0.6 is 12.9 Å². The van der Waals surface area contributed by atoms with Crippen molar-refractivity contribution < 1.29 is 4.18 Å². The molecule has 0 bridgehead atoms. The maximum Gasteiger partial charge on any atom is 0.154 e. The molecule has 0 aromatic heterocycles. The van der Waals surface area contributed by atoms with Crippen LogP contribution in [-0.2, 0) is 0 Å². The van der Waals surface area contributed by atoms with Gasteiger partial charge in [0.15, 0.2) is 5.75 Å². The number of nitrogens with one attached hydrogen (secondary N) is 1. The van der Waals surface area contributed by atoms with Crippen LogP contribution in [0, 0.1) is 11.3 Å². The summed E-state index contributed by atoms with van der Waals surface area (Å²) in [4.78, 5) is 0. The summed E-state index contributed by atoms with van der Waals surface area (Å²) in [6.07, 6.45) is 0. The number of thiol groups is 1. The highest BCUT2D eigenvalue weighted by Crippen LogP contribution is 2.21. The third-order valence-electron chi connectivity index (χ3n) is 1.37. The number of nitriles is 1. The molecule has 0 unspecified atom stereocenters. The van der Waals surface area contributed by atoms with Crippen molar-refractivity contribution in [1.29, 1.82) is 5.26 Å². The maximum absolute atomic E-state index is 8.64. The first-order chi connectivity index (χ1) is 5.81. The van der Waals surface area contributed by atoms with Crippen molar-refractivity contribution in [2.24, 2.45) is 5.84 Å². The molecular weight excluding hydrogens is 174 g/mol. The second kappa shape index (κ2) is 3.85. The van der Waals surface area contributed by atoms with Gasteiger partial charge in [-0.15, -0.1) is 0 Å². The Morgan fingerprint density at radius 3 is 2.83 bits per heavy atom. The molecule has 12 heavy (non-hydrogen) atoms. The topological polar surface area (TPSA) is 71.1 Å². The minimum absolute atomic E-state index is 0.389. The van der Waals surface area contributed by atoms with Crippen LogP contribution in [0.5, 0.6) is 5.75 Å². The van der Waals surface area contributed by atoms with Crippen LogP contribution < -0.4 is 15.5 Å². The number of anilines is 1. The third-order valence-corrected chi connectivity index (χ3v) is 1.56. The van der Waals surface area contributed by atoms with Crippen LogP contribution in [0.25, 0.3) is 0 Å². The summed E-state index contributed by atoms with van der Waals surface area (Å²) in [6, 6.07) is 6.83. The molecule has 0 spiro atoms. The van der Waals surface area contributed by atoms with Crippen LogP contribution in [0.3, 0.4) is 0 Å². The van der Waals surface area contributed by atoms with E-state index in [1.165, 1.54) is 0 Å². The van der Waals surface area contributed by atoms with Crippen molar-refractivity contribution in [2.75, 3.05) is 5.43 Å². The van der Waals surface area contributed by atoms with E-state index >= 15 is 0 Å². The van der Waals surface area contributed by atoms with E-state index in [1.807, 2.05) is 6.07 Å². The van der Waals surface area contributed by atoms with E-state index in [0.29, 0.717) is 17.0 Å². The molecule has 0 radical (unpaired) electrons. The van der Waals surface area contributed by atoms with Crippen LogP contribution in [0.4, 0.5) is 5.69 Å². The van der Waals surface area contributed by atoms with Crippen molar-refractivity contribution in [1.82, 2.24) is 0 Å². The fourth-order valence-corrected chi connectivity index (χ4v) is 0.946. The normalized spacial score (nSPS) is 8.75. The van der Waals surface area contributed by atoms with Gasteiger partial charge in [0, 0.05) is 12.9 Å². The van der Waals surface area contributed by atoms with E-state index in [9.17, 15) is 0 Å². The second-order valence-corrected chi connectivity index (χ2v) is 2.24. The molecule has 0 amide bonds. The lowest BCUT2D eigenvalue weighted by Crippen LogP contribution is -2.06. The van der Waals surface area contributed by atoms with Gasteiger partial charge in [0.25, 0.3) is 0 Å². The summed E-state index contributed by atoms with van der Waals surface area (Å²) >= 11 is 3.59. The highest BCUT2D eigenvalue weighted by Gasteiger charge is 2.02. The van der Waals surface area contributed by atoms with Gasteiger partial charge in [-0.1, -0.05) is 0 Å². The van der Waals surface area contributed by atoms with Gasteiger partial charge in [-0.3, -0.25) is 5.84 Å². The summed E-state index contributed by atoms with van der Waals surface area (Å²) in [7, 11) is 0. The van der Waals surface area contributed by atoms with Gasteiger partial charge in [-0.25, -0.2) is 0 Å². The Morgan fingerprint density at radius 1 is 1.58 bits per heavy atom. The van der Waals surface area contributed by atoms with Gasteiger partial charge in [-0.05, 0) is 18.2 Å². The zero-order valence-corrected chi connectivity index (χ0v) is 7.01. The van der Waals surface area contributed by atoms with Crippen molar-refractivity contribution in [3.63, 3.8) is 0 Å². The molecule has 0 saturated carbocycles. The molecule has 0 fully saturated rings. The number of rotatable bonds is 2. The molecule has 0 aliphatic rings. The van der Waals surface area contributed by atoms with Gasteiger partial charge in [-0.2, -0.15) is 5.26 Å². The van der Waals surface area contributed by atoms with Crippen LogP contribution in [-0.4, -0.2) is 0 Å². The van der Waals surface area contributed by atoms with Gasteiger partial charge in [0.05, 0.1) is 11.3 Å². The lowest BCUT2D eigenvalue weighted by atomic mass is 10.2. The summed E-state index contributed by atoms with van der Waals surface area (Å²) in [5.41, 5.74) is 3.46. The zero-order chi connectivity index (χ0) is 8.97. The number of hydrogen-bond donors (Lipinski definition) is 3. The first-order valence-electron chi connectivity index (χ1n) is 3.14. The first-order valence-corrected chi connectivity index (χ1v) is 3.50. The lowest BCUT2D eigenvalue weighted by Gasteiger charge is -2.03. The SMILES string of the molecule is N#Cc1cc(NN)ccc1OS. The van der Waals surface area contributed by atoms with Crippen molar-refractivity contribution in [3.05, 3.63) is 23.8 Å². The summed E-state index contributed by atoms with van der Waals surface area (Å²) in [5, 5.41) is 8.64. The summed E-state index contributed by atoms with van der Waals surface area (Å²) < 4.78 is 4.64. The Bertz CT molecular complexity index is 321. The highest BCUT2D eigenvalue weighted by atomic mass is 32.1. The Hall–Kier alpha value is -1.38. The monoisotopic (exact) mass is 181 g/mol. The lowest BCUT2D eigenvalue weighted by molar-refractivity contribution is 0.656. The molecular formula is C7H7N3OS. The average molecular weight is 181 g/mol. The molecule has 1 aromatic rings. The number of nitrogen functional groups attached to an aromatic ring is 1. The average Bonchev–Trinajstić information content (AvgIpc) is 2.16. The fraction of sp³-hybridized carbons (Fsp3) is 0. The molecule has 3 N–H and O–H groups in total. The summed E-state index contributed by atoms with van der Waals surface area (Å²) in [6.45, 7) is 0. The number of nitrogens with two attached hydrogens (primary N) is 1. The number of hydrazine groups is 1. The molecule has 0 aliphatic heterocycles. The van der Waals surface area contributed by atoms with Crippen LogP contribution in [0.1, 0.15) is 5.56 Å². The van der Waals surface area contributed by atoms with E-state index in [0.717, 1.165) is 0 Å². The third kappa shape index (κ3) is 1.61. The molecule has 0 heterocycles. The van der Waals surface area contributed by atoms with E-state index in [4.69, 9.17) is 11.1 Å². The Labute approximate surface area is 75.5 Å². The number of benzene rings is 1. The first kappa shape index (κ1) is 8.71. The van der Waals surface area contributed by atoms with E-state index < -0.39 is 0 Å². The minimum atomic E-state index is 0.389. The van der Waals surface area contributed by atoms with Crippen molar-refractivity contribution in [2.45, 2.75) is 0 Å². The highest BCUT2D eigenvalue weighted by molar-refractivity contribution is 7.75. The molecule has 0 atom stereocenters. The van der Waals surface area contributed by atoms with E-state index in [2.05, 4.69) is 22.5 Å². The minimum Gasteiger partial charge on any atom is -0.428 e. The molecule has 62 valence electrons. The van der Waals surface area contributed by atoms with Gasteiger partial charge in [0.1, 0.15) is 6.07 Å². The van der Waals surface area contributed by atoms with E-state index in [-0.39, 0.29) is 0 Å². The predicted octanol–water partition coefficient (Wildman–Crippen LogP) is 1.07. The number of nitrogens with zero attached hydrogens (tertiary/aromatic N) is 1. The molecule has 1 aromatic carbocycles. The largest absolute Gasteiger partial charge is 0.428 e. The van der Waals surface area contributed by atoms with Crippen molar-refractivity contribution in [3.8, 4) is 11.8 Å². The number of hydrogen-bond acceptors (Lipinski definition) is 5. The van der Waals surface area contributed by atoms with Gasteiger partial charge in [0.2, 0.25) is 0 Å². The molecule has 0 saturated heterocycles. The van der Waals surface area contributed by atoms with Crippen LogP contribution in [0.2, 0.25) is 0 Å². The Balaban J connectivity index is 3.13.